The van der Waals surface area contributed by atoms with Crippen LogP contribution in [0, 0.1) is 5.92 Å². The summed E-state index contributed by atoms with van der Waals surface area (Å²) in [5.41, 5.74) is 6.01. The number of hydrogen-bond acceptors (Lipinski definition) is 2. The fraction of sp³-hybridized carbons (Fsp3) is 0.462. The first kappa shape index (κ1) is 13.8. The van der Waals surface area contributed by atoms with E-state index < -0.39 is 0 Å². The van der Waals surface area contributed by atoms with Gasteiger partial charge in [0.25, 0.3) is 5.91 Å². The van der Waals surface area contributed by atoms with Crippen LogP contribution in [-0.4, -0.2) is 18.0 Å². The summed E-state index contributed by atoms with van der Waals surface area (Å²) in [6.45, 7) is 2.45. The largest absolute Gasteiger partial charge is 0.345 e. The highest BCUT2D eigenvalue weighted by molar-refractivity contribution is 9.10. The second-order valence-corrected chi connectivity index (χ2v) is 6.26. The molecule has 3 N–H and O–H groups in total. The average molecular weight is 332 g/mol. The lowest BCUT2D eigenvalue weighted by atomic mass is 9.95. The summed E-state index contributed by atoms with van der Waals surface area (Å²) in [6, 6.07) is 5.17. The van der Waals surface area contributed by atoms with E-state index in [1.54, 1.807) is 18.2 Å². The quantitative estimate of drug-likeness (QED) is 0.891. The fourth-order valence-corrected chi connectivity index (χ4v) is 2.64. The van der Waals surface area contributed by atoms with Crippen LogP contribution in [0.2, 0.25) is 5.02 Å². The summed E-state index contributed by atoms with van der Waals surface area (Å²) >= 11 is 9.28. The summed E-state index contributed by atoms with van der Waals surface area (Å²) in [6.07, 6.45) is 2.26. The molecule has 3 nitrogen and oxygen atoms in total. The van der Waals surface area contributed by atoms with Gasteiger partial charge in [0.05, 0.1) is 11.1 Å². The summed E-state index contributed by atoms with van der Waals surface area (Å²) < 4.78 is 0.736. The maximum atomic E-state index is 12.3. The predicted molar refractivity (Wildman–Crippen MR) is 76.8 cm³/mol. The van der Waals surface area contributed by atoms with Crippen molar-refractivity contribution >= 4 is 33.4 Å². The lowest BCUT2D eigenvalue weighted by Gasteiger charge is -2.29. The van der Waals surface area contributed by atoms with Gasteiger partial charge in [-0.1, -0.05) is 11.6 Å². The summed E-state index contributed by atoms with van der Waals surface area (Å²) in [4.78, 5) is 12.3. The molecule has 5 heteroatoms. The van der Waals surface area contributed by atoms with Crippen molar-refractivity contribution in [3.8, 4) is 0 Å². The third-order valence-corrected chi connectivity index (χ3v) is 4.40. The number of benzene rings is 1. The van der Waals surface area contributed by atoms with E-state index in [4.69, 9.17) is 17.3 Å². The number of carbonyl (C=O) groups excluding carboxylic acids is 1. The Labute approximate surface area is 120 Å². The maximum Gasteiger partial charge on any atom is 0.252 e. The molecule has 1 aromatic rings. The van der Waals surface area contributed by atoms with Crippen molar-refractivity contribution in [1.29, 1.82) is 0 Å². The van der Waals surface area contributed by atoms with Gasteiger partial charge in [-0.25, -0.2) is 0 Å². The number of rotatable bonds is 4. The maximum absolute atomic E-state index is 12.3. The van der Waals surface area contributed by atoms with Gasteiger partial charge < -0.3 is 11.1 Å². The molecule has 0 aliphatic heterocycles. The van der Waals surface area contributed by atoms with Crippen LogP contribution in [0.1, 0.15) is 30.1 Å². The van der Waals surface area contributed by atoms with Crippen molar-refractivity contribution in [1.82, 2.24) is 5.32 Å². The number of hydrogen-bond donors (Lipinski definition) is 2. The number of carbonyl (C=O) groups is 1. The van der Waals surface area contributed by atoms with Crippen molar-refractivity contribution < 1.29 is 4.79 Å². The minimum absolute atomic E-state index is 0.135. The topological polar surface area (TPSA) is 55.1 Å². The Kier molecular flexibility index (Phi) is 3.99. The number of halogens is 2. The van der Waals surface area contributed by atoms with Crippen LogP contribution in [0.5, 0.6) is 0 Å². The van der Waals surface area contributed by atoms with Crippen LogP contribution in [0.15, 0.2) is 22.7 Å². The average Bonchev–Trinajstić information content (AvgIpc) is 3.16. The van der Waals surface area contributed by atoms with Crippen LogP contribution in [-0.2, 0) is 0 Å². The van der Waals surface area contributed by atoms with Gasteiger partial charge in [-0.15, -0.1) is 0 Å². The molecule has 0 heterocycles. The van der Waals surface area contributed by atoms with Gasteiger partial charge in [0, 0.05) is 16.0 Å². The zero-order valence-corrected chi connectivity index (χ0v) is 12.5. The van der Waals surface area contributed by atoms with Crippen molar-refractivity contribution in [2.45, 2.75) is 25.3 Å². The SMILES string of the molecule is CC(CN)(NC(=O)c1cc(Cl)ccc1Br)C1CC1. The first-order chi connectivity index (χ1) is 8.46. The van der Waals surface area contributed by atoms with E-state index in [1.807, 2.05) is 6.92 Å². The molecular weight excluding hydrogens is 316 g/mol. The highest BCUT2D eigenvalue weighted by Gasteiger charge is 2.41. The van der Waals surface area contributed by atoms with Crippen molar-refractivity contribution in [2.24, 2.45) is 11.7 Å². The Balaban J connectivity index is 2.18. The second-order valence-electron chi connectivity index (χ2n) is 4.97. The van der Waals surface area contributed by atoms with Gasteiger partial charge >= 0.3 is 0 Å². The molecule has 1 aliphatic carbocycles. The molecule has 1 amide bonds. The van der Waals surface area contributed by atoms with Crippen molar-refractivity contribution in [2.75, 3.05) is 6.54 Å². The molecule has 0 saturated heterocycles. The third kappa shape index (κ3) is 2.87. The van der Waals surface area contributed by atoms with Crippen LogP contribution in [0.3, 0.4) is 0 Å². The smallest absolute Gasteiger partial charge is 0.252 e. The highest BCUT2D eigenvalue weighted by atomic mass is 79.9. The van der Waals surface area contributed by atoms with Crippen LogP contribution >= 0.6 is 27.5 Å². The molecule has 0 spiro atoms. The van der Waals surface area contributed by atoms with Crippen molar-refractivity contribution in [3.05, 3.63) is 33.3 Å². The Morgan fingerprint density at radius 2 is 2.28 bits per heavy atom. The van der Waals surface area contributed by atoms with Gasteiger partial charge in [0.2, 0.25) is 0 Å². The zero-order valence-electron chi connectivity index (χ0n) is 10.2. The molecule has 18 heavy (non-hydrogen) atoms. The normalized spacial score (nSPS) is 18.2. The molecule has 98 valence electrons. The van der Waals surface area contributed by atoms with Gasteiger partial charge in [0.1, 0.15) is 0 Å². The lowest BCUT2D eigenvalue weighted by molar-refractivity contribution is 0.0897. The summed E-state index contributed by atoms with van der Waals surface area (Å²) in [5.74, 6) is 0.355. The first-order valence-electron chi connectivity index (χ1n) is 5.94. The van der Waals surface area contributed by atoms with Gasteiger partial charge in [-0.05, 0) is 59.8 Å². The van der Waals surface area contributed by atoms with E-state index in [-0.39, 0.29) is 11.4 Å². The molecule has 1 atom stereocenters. The van der Waals surface area contributed by atoms with E-state index in [0.29, 0.717) is 23.0 Å². The Morgan fingerprint density at radius 3 is 2.83 bits per heavy atom. The van der Waals surface area contributed by atoms with Gasteiger partial charge in [-0.2, -0.15) is 0 Å². The monoisotopic (exact) mass is 330 g/mol. The molecule has 1 fully saturated rings. The zero-order chi connectivity index (χ0) is 13.3. The molecular formula is C13H16BrClN2O. The third-order valence-electron chi connectivity index (χ3n) is 3.47. The Morgan fingerprint density at radius 1 is 1.61 bits per heavy atom. The number of nitrogens with two attached hydrogens (primary N) is 1. The molecule has 1 saturated carbocycles. The summed E-state index contributed by atoms with van der Waals surface area (Å²) in [5, 5.41) is 3.58. The van der Waals surface area contributed by atoms with Crippen LogP contribution < -0.4 is 11.1 Å². The molecule has 1 aromatic carbocycles. The van der Waals surface area contributed by atoms with Crippen LogP contribution in [0.4, 0.5) is 0 Å². The molecule has 0 aromatic heterocycles. The molecule has 0 radical (unpaired) electrons. The minimum Gasteiger partial charge on any atom is -0.345 e. The molecule has 2 rings (SSSR count). The Hall–Kier alpha value is -0.580. The van der Waals surface area contributed by atoms with E-state index in [1.165, 1.54) is 0 Å². The van der Waals surface area contributed by atoms with Crippen molar-refractivity contribution in [3.63, 3.8) is 0 Å². The lowest BCUT2D eigenvalue weighted by Crippen LogP contribution is -2.53. The Bertz CT molecular complexity index is 476. The number of nitrogens with one attached hydrogen (secondary N) is 1. The van der Waals surface area contributed by atoms with Gasteiger partial charge in [-0.3, -0.25) is 4.79 Å². The standard InChI is InChI=1S/C13H16BrClN2O/c1-13(7-16,8-2-3-8)17-12(18)10-6-9(15)4-5-11(10)14/h4-6,8H,2-3,7,16H2,1H3,(H,17,18). The fourth-order valence-electron chi connectivity index (χ4n) is 2.04. The summed E-state index contributed by atoms with van der Waals surface area (Å²) in [7, 11) is 0. The predicted octanol–water partition coefficient (Wildman–Crippen LogP) is 2.96. The highest BCUT2D eigenvalue weighted by Crippen LogP contribution is 2.39. The molecule has 1 aliphatic rings. The van der Waals surface area contributed by atoms with E-state index in [0.717, 1.165) is 17.3 Å². The van der Waals surface area contributed by atoms with Crippen LogP contribution in [0.25, 0.3) is 0 Å². The van der Waals surface area contributed by atoms with Gasteiger partial charge in [0.15, 0.2) is 0 Å². The minimum atomic E-state index is -0.321. The molecule has 0 bridgehead atoms. The van der Waals surface area contributed by atoms with E-state index in [9.17, 15) is 4.79 Å². The number of amides is 1. The van der Waals surface area contributed by atoms with E-state index >= 15 is 0 Å². The first-order valence-corrected chi connectivity index (χ1v) is 7.11. The van der Waals surface area contributed by atoms with E-state index in [2.05, 4.69) is 21.2 Å². The molecule has 1 unspecified atom stereocenters. The second kappa shape index (κ2) is 5.19.